The molecular weight excluding hydrogens is 573 g/mol. The molecule has 0 saturated carbocycles. The monoisotopic (exact) mass is 599 g/mol. The maximum Gasteiger partial charge on any atom is -1.00 e. The molecule has 1 unspecified atom stereocenters. The molecule has 184 valence electrons. The van der Waals surface area contributed by atoms with E-state index in [9.17, 15) is 0 Å². The summed E-state index contributed by atoms with van der Waals surface area (Å²) in [5.74, 6) is 0. The van der Waals surface area contributed by atoms with Gasteiger partial charge in [-0.15, -0.1) is 0 Å². The summed E-state index contributed by atoms with van der Waals surface area (Å²) in [6, 6.07) is 38.6. The van der Waals surface area contributed by atoms with E-state index < -0.39 is 21.3 Å². The summed E-state index contributed by atoms with van der Waals surface area (Å²) in [5, 5.41) is 0. The van der Waals surface area contributed by atoms with Crippen molar-refractivity contribution in [3.05, 3.63) is 147 Å². The zero-order valence-electron chi connectivity index (χ0n) is 21.0. The summed E-state index contributed by atoms with van der Waals surface area (Å²) in [5.41, 5.74) is 9.92. The van der Waals surface area contributed by atoms with Gasteiger partial charge in [0.15, 0.2) is 0 Å². The second-order valence-corrected chi connectivity index (χ2v) is 15.8. The summed E-state index contributed by atoms with van der Waals surface area (Å²) in [4.78, 5) is 2.23. The standard InChI is InChI=1S/C15H14N.C13H10.C5H5.2ClH.Zr/c1-16(2)13-7-8-15-12(10-13)9-11-5-3-4-6-14(11)15;1-3-7-12(8-4-1)11-13-9-5-2-6-10-13;1-2-4-5-3-1;;;/h3-10H,1-2H3;1-10H;1-3H,4H2;2*1H;/q;;;;;+2/p-2. The molecule has 0 amide bonds. The van der Waals surface area contributed by atoms with Crippen LogP contribution in [0.25, 0.3) is 11.1 Å². The zero-order chi connectivity index (χ0) is 23.8. The van der Waals surface area contributed by atoms with Crippen molar-refractivity contribution in [2.75, 3.05) is 19.0 Å². The summed E-state index contributed by atoms with van der Waals surface area (Å²) in [6.45, 7) is 0. The van der Waals surface area contributed by atoms with Gasteiger partial charge in [0.25, 0.3) is 0 Å². The number of benzene rings is 4. The van der Waals surface area contributed by atoms with Crippen LogP contribution in [0.4, 0.5) is 5.69 Å². The number of anilines is 1. The van der Waals surface area contributed by atoms with Gasteiger partial charge in [0, 0.05) is 0 Å². The number of nitrogens with zero attached hydrogens (tertiary/aromatic N) is 1. The maximum atomic E-state index is 2.47. The fourth-order valence-corrected chi connectivity index (χ4v) is 14.6. The molecule has 6 rings (SSSR count). The molecule has 1 atom stereocenters. The summed E-state index contributed by atoms with van der Waals surface area (Å²) < 4.78 is 3.73. The second kappa shape index (κ2) is 11.9. The molecule has 0 spiro atoms. The molecule has 37 heavy (non-hydrogen) atoms. The van der Waals surface area contributed by atoms with E-state index >= 15 is 0 Å². The molecule has 0 aromatic heterocycles. The van der Waals surface area contributed by atoms with E-state index in [0.717, 1.165) is 6.42 Å². The Labute approximate surface area is 240 Å². The fourth-order valence-electron chi connectivity index (χ4n) is 5.61. The number of fused-ring (bicyclic) bond motifs is 3. The topological polar surface area (TPSA) is 3.24 Å². The molecule has 0 aliphatic heterocycles. The van der Waals surface area contributed by atoms with Crippen LogP contribution in [0.15, 0.2) is 125 Å². The van der Waals surface area contributed by atoms with Crippen LogP contribution in [0.2, 0.25) is 0 Å². The minimum absolute atomic E-state index is 0. The van der Waals surface area contributed by atoms with E-state index in [1.165, 1.54) is 39.1 Å². The average molecular weight is 602 g/mol. The molecule has 0 fully saturated rings. The van der Waals surface area contributed by atoms with Crippen LogP contribution in [0.5, 0.6) is 0 Å². The van der Waals surface area contributed by atoms with E-state index in [4.69, 9.17) is 0 Å². The predicted molar refractivity (Wildman–Crippen MR) is 146 cm³/mol. The van der Waals surface area contributed by atoms with Gasteiger partial charge in [-0.2, -0.15) is 0 Å². The molecule has 4 aromatic carbocycles. The Balaban J connectivity index is 0.00000160. The van der Waals surface area contributed by atoms with Crippen molar-refractivity contribution in [3.8, 4) is 11.1 Å². The van der Waals surface area contributed by atoms with Crippen molar-refractivity contribution in [2.24, 2.45) is 0 Å². The number of rotatable bonds is 5. The van der Waals surface area contributed by atoms with E-state index in [0.29, 0.717) is 3.63 Å². The molecule has 2 aliphatic rings. The van der Waals surface area contributed by atoms with Gasteiger partial charge < -0.3 is 24.8 Å². The first kappa shape index (κ1) is 27.5. The average Bonchev–Trinajstić information content (AvgIpc) is 3.55. The third kappa shape index (κ3) is 5.13. The summed E-state index contributed by atoms with van der Waals surface area (Å²) >= 11 is -2.55. The number of allylic oxidation sites excluding steroid dienone is 4. The van der Waals surface area contributed by atoms with Gasteiger partial charge >= 0.3 is 217 Å². The molecule has 2 aliphatic carbocycles. The van der Waals surface area contributed by atoms with E-state index in [1.807, 2.05) is 0 Å². The van der Waals surface area contributed by atoms with Crippen LogP contribution in [-0.2, 0) is 21.3 Å². The van der Waals surface area contributed by atoms with E-state index in [2.05, 4.69) is 140 Å². The van der Waals surface area contributed by atoms with Crippen LogP contribution in [-0.4, -0.2) is 17.3 Å². The summed E-state index contributed by atoms with van der Waals surface area (Å²) in [6.07, 6.45) is 8.15. The van der Waals surface area contributed by atoms with Gasteiger partial charge in [-0.25, -0.2) is 0 Å². The van der Waals surface area contributed by atoms with Gasteiger partial charge in [0.2, 0.25) is 0 Å². The molecule has 4 heteroatoms. The minimum atomic E-state index is -2.55. The Hall–Kier alpha value is -2.51. The largest absolute Gasteiger partial charge is 1.00 e. The van der Waals surface area contributed by atoms with Crippen LogP contribution >= 0.6 is 0 Å². The minimum Gasteiger partial charge on any atom is -1.00 e. The van der Waals surface area contributed by atoms with Gasteiger partial charge in [-0.3, -0.25) is 0 Å². The number of hydrogen-bond acceptors (Lipinski definition) is 1. The Morgan fingerprint density at radius 1 is 0.703 bits per heavy atom. The van der Waals surface area contributed by atoms with Crippen LogP contribution in [0.1, 0.15) is 32.3 Å². The third-order valence-corrected chi connectivity index (χ3v) is 15.5. The zero-order valence-corrected chi connectivity index (χ0v) is 25.0. The molecular formula is C33H29Cl2NZr. The first-order chi connectivity index (χ1) is 17.2. The molecule has 0 heterocycles. The molecule has 4 aromatic rings. The molecule has 0 N–H and O–H groups in total. The van der Waals surface area contributed by atoms with E-state index in [1.54, 1.807) is 6.49 Å². The Kier molecular flexibility index (Phi) is 8.86. The van der Waals surface area contributed by atoms with Crippen molar-refractivity contribution >= 4 is 8.89 Å². The Morgan fingerprint density at radius 3 is 1.89 bits per heavy atom. The van der Waals surface area contributed by atoms with Crippen LogP contribution in [0, 0.1) is 0 Å². The van der Waals surface area contributed by atoms with Gasteiger partial charge in [-0.05, 0) is 0 Å². The molecule has 0 radical (unpaired) electrons. The van der Waals surface area contributed by atoms with Crippen molar-refractivity contribution in [1.82, 2.24) is 0 Å². The summed E-state index contributed by atoms with van der Waals surface area (Å²) in [7, 11) is 4.29. The first-order valence-electron chi connectivity index (χ1n) is 12.3. The predicted octanol–water partition coefficient (Wildman–Crippen LogP) is 1.56. The van der Waals surface area contributed by atoms with Crippen molar-refractivity contribution in [2.45, 2.75) is 10.0 Å². The number of hydrogen-bond donors (Lipinski definition) is 0. The van der Waals surface area contributed by atoms with Crippen LogP contribution < -0.4 is 29.7 Å². The van der Waals surface area contributed by atoms with Crippen molar-refractivity contribution < 1.29 is 46.1 Å². The van der Waals surface area contributed by atoms with E-state index in [-0.39, 0.29) is 24.8 Å². The number of halogens is 2. The molecule has 0 bridgehead atoms. The van der Waals surface area contributed by atoms with Crippen molar-refractivity contribution in [1.29, 1.82) is 0 Å². The van der Waals surface area contributed by atoms with Gasteiger partial charge in [-0.1, -0.05) is 0 Å². The second-order valence-electron chi connectivity index (χ2n) is 9.53. The maximum absolute atomic E-state index is 2.55. The van der Waals surface area contributed by atoms with Crippen molar-refractivity contribution in [3.63, 3.8) is 0 Å². The normalized spacial score (nSPS) is 14.3. The smallest absolute Gasteiger partial charge is 1.00 e. The third-order valence-electron chi connectivity index (χ3n) is 7.22. The first-order valence-corrected chi connectivity index (χ1v) is 16.2. The van der Waals surface area contributed by atoms with Gasteiger partial charge in [0.1, 0.15) is 0 Å². The molecule has 1 nitrogen and oxygen atoms in total. The molecule has 0 saturated heterocycles. The Bertz CT molecular complexity index is 1450. The quantitative estimate of drug-likeness (QED) is 0.336. The van der Waals surface area contributed by atoms with Crippen LogP contribution in [0.3, 0.4) is 0 Å². The van der Waals surface area contributed by atoms with Gasteiger partial charge in [0.05, 0.1) is 0 Å². The Morgan fingerprint density at radius 2 is 1.30 bits per heavy atom. The SMILES string of the molecule is CN(C)c1ccc2c(c1)[CH]([Zr+2]([C]1=CC=CC1)=[C](c1ccccc1)c1ccccc1)c1ccccc1-2.[Cl-].[Cl-]. The fraction of sp³-hybridized carbons (Fsp3) is 0.121.